The van der Waals surface area contributed by atoms with Crippen LogP contribution in [0.25, 0.3) is 0 Å². The zero-order valence-corrected chi connectivity index (χ0v) is 9.28. The molecule has 0 radical (unpaired) electrons. The first-order valence-corrected chi connectivity index (χ1v) is 4.83. The molecule has 0 aliphatic rings. The van der Waals surface area contributed by atoms with Gasteiger partial charge in [0.1, 0.15) is 11.8 Å². The number of rotatable bonds is 3. The smallest absolute Gasteiger partial charge is 0.425 e. The van der Waals surface area contributed by atoms with Crippen LogP contribution in [0.4, 0.5) is 13.2 Å². The van der Waals surface area contributed by atoms with Gasteiger partial charge in [-0.05, 0) is 25.1 Å². The summed E-state index contributed by atoms with van der Waals surface area (Å²) in [6.45, 7) is 0.823. The lowest BCUT2D eigenvalue weighted by Gasteiger charge is -2.18. The Bertz CT molecular complexity index is 506. The van der Waals surface area contributed by atoms with Crippen molar-refractivity contribution in [2.24, 2.45) is 5.73 Å². The van der Waals surface area contributed by atoms with Crippen molar-refractivity contribution < 1.29 is 22.7 Å². The van der Waals surface area contributed by atoms with E-state index < -0.39 is 18.2 Å². The molecule has 1 aromatic rings. The minimum absolute atomic E-state index is 0.0264. The van der Waals surface area contributed by atoms with Crippen LogP contribution in [0.5, 0.6) is 5.75 Å². The number of carbonyl (C=O) groups excluding carboxylic acids is 1. The van der Waals surface area contributed by atoms with Crippen LogP contribution in [0.3, 0.4) is 0 Å². The molecule has 0 saturated carbocycles. The number of primary amides is 1. The third kappa shape index (κ3) is 3.13. The van der Waals surface area contributed by atoms with Crippen molar-refractivity contribution in [1.82, 2.24) is 0 Å². The molecule has 0 aliphatic heterocycles. The highest BCUT2D eigenvalue weighted by Gasteiger charge is 2.38. The van der Waals surface area contributed by atoms with Gasteiger partial charge >= 0.3 is 6.18 Å². The van der Waals surface area contributed by atoms with Crippen molar-refractivity contribution in [2.45, 2.75) is 19.2 Å². The van der Waals surface area contributed by atoms with E-state index in [2.05, 4.69) is 4.74 Å². The van der Waals surface area contributed by atoms with E-state index in [-0.39, 0.29) is 16.9 Å². The van der Waals surface area contributed by atoms with E-state index >= 15 is 0 Å². The second kappa shape index (κ2) is 4.96. The van der Waals surface area contributed by atoms with Gasteiger partial charge in [-0.1, -0.05) is 0 Å². The molecule has 1 rings (SSSR count). The average molecular weight is 258 g/mol. The van der Waals surface area contributed by atoms with Crippen LogP contribution in [-0.4, -0.2) is 18.2 Å². The highest BCUT2D eigenvalue weighted by atomic mass is 19.4. The van der Waals surface area contributed by atoms with Crippen molar-refractivity contribution in [1.29, 1.82) is 5.26 Å². The quantitative estimate of drug-likeness (QED) is 0.900. The lowest BCUT2D eigenvalue weighted by Crippen LogP contribution is -2.31. The largest absolute Gasteiger partial charge is 0.480 e. The molecule has 0 fully saturated rings. The fraction of sp³-hybridized carbons (Fsp3) is 0.273. The summed E-state index contributed by atoms with van der Waals surface area (Å²) in [4.78, 5) is 10.9. The summed E-state index contributed by atoms with van der Waals surface area (Å²) in [7, 11) is 0. The van der Waals surface area contributed by atoms with Gasteiger partial charge in [0.05, 0.1) is 5.56 Å². The van der Waals surface area contributed by atoms with E-state index in [0.717, 1.165) is 19.1 Å². The standard InChI is InChI=1S/C11H9F3N2O2/c1-6(11(12,13)14)18-9-3-2-7(10(16)17)4-8(9)5-15/h2-4,6H,1H3,(H2,16,17). The Hall–Kier alpha value is -2.23. The van der Waals surface area contributed by atoms with E-state index in [1.807, 2.05) is 0 Å². The topological polar surface area (TPSA) is 76.1 Å². The van der Waals surface area contributed by atoms with Crippen LogP contribution < -0.4 is 10.5 Å². The zero-order valence-electron chi connectivity index (χ0n) is 9.28. The first-order valence-electron chi connectivity index (χ1n) is 4.83. The molecule has 0 heterocycles. The van der Waals surface area contributed by atoms with E-state index in [1.54, 1.807) is 6.07 Å². The molecule has 2 N–H and O–H groups in total. The predicted molar refractivity (Wildman–Crippen MR) is 55.8 cm³/mol. The van der Waals surface area contributed by atoms with Gasteiger partial charge in [0.25, 0.3) is 0 Å². The summed E-state index contributed by atoms with van der Waals surface area (Å²) in [6, 6.07) is 5.04. The van der Waals surface area contributed by atoms with E-state index in [9.17, 15) is 18.0 Å². The Morgan fingerprint density at radius 3 is 2.56 bits per heavy atom. The molecular formula is C11H9F3N2O2. The van der Waals surface area contributed by atoms with Crippen LogP contribution in [-0.2, 0) is 0 Å². The van der Waals surface area contributed by atoms with Crippen LogP contribution >= 0.6 is 0 Å². The minimum atomic E-state index is -4.53. The predicted octanol–water partition coefficient (Wildman–Crippen LogP) is 1.99. The van der Waals surface area contributed by atoms with E-state index in [4.69, 9.17) is 11.0 Å². The van der Waals surface area contributed by atoms with Crippen LogP contribution in [0.15, 0.2) is 18.2 Å². The highest BCUT2D eigenvalue weighted by molar-refractivity contribution is 5.93. The number of ether oxygens (including phenoxy) is 1. The van der Waals surface area contributed by atoms with Crippen LogP contribution in [0, 0.1) is 11.3 Å². The summed E-state index contributed by atoms with van der Waals surface area (Å²) in [6.07, 6.45) is -6.58. The van der Waals surface area contributed by atoms with E-state index in [1.165, 1.54) is 6.07 Å². The molecule has 96 valence electrons. The number of amides is 1. The first-order chi connectivity index (χ1) is 8.25. The fourth-order valence-corrected chi connectivity index (χ4v) is 1.13. The molecule has 0 spiro atoms. The van der Waals surface area contributed by atoms with Gasteiger partial charge in [0.15, 0.2) is 6.10 Å². The van der Waals surface area contributed by atoms with Gasteiger partial charge in [-0.25, -0.2) is 0 Å². The Morgan fingerprint density at radius 1 is 1.50 bits per heavy atom. The maximum atomic E-state index is 12.3. The Kier molecular flexibility index (Phi) is 3.81. The van der Waals surface area contributed by atoms with Crippen molar-refractivity contribution in [2.75, 3.05) is 0 Å². The highest BCUT2D eigenvalue weighted by Crippen LogP contribution is 2.27. The third-order valence-electron chi connectivity index (χ3n) is 2.15. The normalized spacial score (nSPS) is 12.6. The average Bonchev–Trinajstić information content (AvgIpc) is 2.27. The third-order valence-corrected chi connectivity index (χ3v) is 2.15. The number of nitrogens with two attached hydrogens (primary N) is 1. The number of hydrogen-bond donors (Lipinski definition) is 1. The summed E-state index contributed by atoms with van der Waals surface area (Å²) in [5.74, 6) is -1.02. The summed E-state index contributed by atoms with van der Waals surface area (Å²) in [5, 5.41) is 8.78. The lowest BCUT2D eigenvalue weighted by molar-refractivity contribution is -0.189. The molecule has 1 atom stereocenters. The monoisotopic (exact) mass is 258 g/mol. The molecule has 0 aliphatic carbocycles. The summed E-state index contributed by atoms with van der Waals surface area (Å²) in [5.41, 5.74) is 4.84. The van der Waals surface area contributed by atoms with Gasteiger partial charge in [0.2, 0.25) is 5.91 Å². The molecule has 0 bridgehead atoms. The molecule has 4 nitrogen and oxygen atoms in total. The van der Waals surface area contributed by atoms with Crippen molar-refractivity contribution >= 4 is 5.91 Å². The van der Waals surface area contributed by atoms with Gasteiger partial charge in [-0.2, -0.15) is 18.4 Å². The molecular weight excluding hydrogens is 249 g/mol. The number of benzene rings is 1. The number of carbonyl (C=O) groups is 1. The Labute approximate surface area is 101 Å². The van der Waals surface area contributed by atoms with Crippen molar-refractivity contribution in [3.05, 3.63) is 29.3 Å². The molecule has 1 amide bonds. The Balaban J connectivity index is 3.05. The number of nitriles is 1. The molecule has 18 heavy (non-hydrogen) atoms. The van der Waals surface area contributed by atoms with Crippen molar-refractivity contribution in [3.8, 4) is 11.8 Å². The molecule has 7 heteroatoms. The maximum absolute atomic E-state index is 12.3. The summed E-state index contributed by atoms with van der Waals surface area (Å²) < 4.78 is 41.5. The molecule has 0 aromatic heterocycles. The maximum Gasteiger partial charge on any atom is 0.425 e. The van der Waals surface area contributed by atoms with Gasteiger partial charge < -0.3 is 10.5 Å². The second-order valence-corrected chi connectivity index (χ2v) is 3.49. The summed E-state index contributed by atoms with van der Waals surface area (Å²) >= 11 is 0. The van der Waals surface area contributed by atoms with Gasteiger partial charge in [-0.3, -0.25) is 4.79 Å². The Morgan fingerprint density at radius 2 is 2.11 bits per heavy atom. The van der Waals surface area contributed by atoms with Crippen LogP contribution in [0.1, 0.15) is 22.8 Å². The fourth-order valence-electron chi connectivity index (χ4n) is 1.13. The SMILES string of the molecule is CC(Oc1ccc(C(N)=O)cc1C#N)C(F)(F)F. The molecule has 0 saturated heterocycles. The molecule has 1 aromatic carbocycles. The molecule has 1 unspecified atom stereocenters. The number of alkyl halides is 3. The zero-order chi connectivity index (χ0) is 13.9. The minimum Gasteiger partial charge on any atom is -0.480 e. The number of halogens is 3. The van der Waals surface area contributed by atoms with Gasteiger partial charge in [-0.15, -0.1) is 0 Å². The second-order valence-electron chi connectivity index (χ2n) is 3.49. The number of hydrogen-bond acceptors (Lipinski definition) is 3. The number of nitrogens with zero attached hydrogens (tertiary/aromatic N) is 1. The van der Waals surface area contributed by atoms with Crippen LogP contribution in [0.2, 0.25) is 0 Å². The van der Waals surface area contributed by atoms with E-state index in [0.29, 0.717) is 0 Å². The lowest BCUT2D eigenvalue weighted by atomic mass is 10.1. The van der Waals surface area contributed by atoms with Crippen molar-refractivity contribution in [3.63, 3.8) is 0 Å². The first kappa shape index (κ1) is 13.8. The van der Waals surface area contributed by atoms with Gasteiger partial charge in [0, 0.05) is 5.56 Å².